The van der Waals surface area contributed by atoms with Crippen LogP contribution in [0.5, 0.6) is 0 Å². The lowest BCUT2D eigenvalue weighted by molar-refractivity contribution is -0.241. The lowest BCUT2D eigenvalue weighted by atomic mass is 9.59. The number of ether oxygens (including phenoxy) is 4. The molecule has 8 atom stereocenters. The van der Waals surface area contributed by atoms with Crippen molar-refractivity contribution in [3.63, 3.8) is 0 Å². The summed E-state index contributed by atoms with van der Waals surface area (Å²) in [6.45, 7) is 0. The van der Waals surface area contributed by atoms with E-state index >= 15 is 0 Å². The molecule has 4 aromatic heterocycles. The Hall–Kier alpha value is -2.48. The highest BCUT2D eigenvalue weighted by molar-refractivity contribution is 7.13. The summed E-state index contributed by atoms with van der Waals surface area (Å²) in [5, 5.41) is 4.11. The van der Waals surface area contributed by atoms with Crippen molar-refractivity contribution in [2.75, 3.05) is 28.4 Å². The van der Waals surface area contributed by atoms with Gasteiger partial charge in [-0.2, -0.15) is 0 Å². The van der Waals surface area contributed by atoms with E-state index in [1.54, 1.807) is 51.1 Å². The van der Waals surface area contributed by atoms with Gasteiger partial charge in [0, 0.05) is 38.2 Å². The van der Waals surface area contributed by atoms with Crippen LogP contribution in [0.15, 0.2) is 71.4 Å². The van der Waals surface area contributed by atoms with E-state index in [2.05, 4.69) is 35.0 Å². The third-order valence-electron chi connectivity index (χ3n) is 13.4. The highest BCUT2D eigenvalue weighted by Gasteiger charge is 2.91. The van der Waals surface area contributed by atoms with Gasteiger partial charge in [-0.3, -0.25) is 0 Å². The molecule has 5 aliphatic carbocycles. The summed E-state index contributed by atoms with van der Waals surface area (Å²) < 4.78 is 25.6. The van der Waals surface area contributed by atoms with Crippen LogP contribution in [0, 0.1) is 23.7 Å². The number of nitrogens with zero attached hydrogens (tertiary/aromatic N) is 4. The standard InChI is InChI=1S/C40H32Cl4N4O4S2/c1-49-39(50-2)35(41)21-17-24-22(18-23(21)37(39,43)33-31(35)45-25-11-9-19(15-27(25)47-33)29-7-5-13-53-29)36(42)32-34(38(24,44)40(36,51-3)52-4)48-28-16-20(10-12-26(28)46-32)30-8-6-14-54-30/h5-16,21-24H,17-18H2,1-4H3/t21-,22-,23+,24+,35-,36-,37+,38+/m0/s1. The first-order valence-electron chi connectivity index (χ1n) is 17.7. The van der Waals surface area contributed by atoms with Gasteiger partial charge in [-0.1, -0.05) is 24.3 Å². The molecule has 276 valence electrons. The molecule has 11 rings (SSSR count). The van der Waals surface area contributed by atoms with Gasteiger partial charge < -0.3 is 18.9 Å². The van der Waals surface area contributed by atoms with Crippen LogP contribution in [-0.2, 0) is 38.4 Å². The number of alkyl halides is 4. The monoisotopic (exact) mass is 836 g/mol. The zero-order valence-corrected chi connectivity index (χ0v) is 34.1. The molecule has 0 unspecified atom stereocenters. The van der Waals surface area contributed by atoms with E-state index in [9.17, 15) is 0 Å². The third kappa shape index (κ3) is 3.54. The Bertz CT molecular complexity index is 2380. The summed E-state index contributed by atoms with van der Waals surface area (Å²) in [6.07, 6.45) is 0.970. The minimum atomic E-state index is -1.51. The predicted molar refractivity (Wildman–Crippen MR) is 213 cm³/mol. The molecule has 0 spiro atoms. The van der Waals surface area contributed by atoms with E-state index in [-0.39, 0.29) is 23.7 Å². The van der Waals surface area contributed by atoms with Crippen molar-refractivity contribution in [2.24, 2.45) is 23.7 Å². The van der Waals surface area contributed by atoms with Gasteiger partial charge in [0.1, 0.15) is 19.5 Å². The van der Waals surface area contributed by atoms with E-state index in [4.69, 9.17) is 85.3 Å². The maximum atomic E-state index is 8.10. The van der Waals surface area contributed by atoms with Gasteiger partial charge in [-0.05, 0) is 94.8 Å². The van der Waals surface area contributed by atoms with Crippen LogP contribution in [0.4, 0.5) is 0 Å². The van der Waals surface area contributed by atoms with Gasteiger partial charge >= 0.3 is 0 Å². The first-order valence-corrected chi connectivity index (χ1v) is 21.0. The van der Waals surface area contributed by atoms with E-state index in [0.29, 0.717) is 57.7 Å². The second-order valence-electron chi connectivity index (χ2n) is 15.0. The Morgan fingerprint density at radius 1 is 0.500 bits per heavy atom. The Balaban J connectivity index is 1.10. The maximum Gasteiger partial charge on any atom is 0.219 e. The van der Waals surface area contributed by atoms with E-state index < -0.39 is 31.1 Å². The number of rotatable bonds is 6. The Kier molecular flexibility index (Phi) is 7.16. The number of methoxy groups -OCH3 is 4. The molecule has 4 bridgehead atoms. The lowest BCUT2D eigenvalue weighted by Gasteiger charge is -2.49. The number of aromatic nitrogens is 4. The van der Waals surface area contributed by atoms with Crippen LogP contribution < -0.4 is 0 Å². The fourth-order valence-corrected chi connectivity index (χ4v) is 15.7. The Morgan fingerprint density at radius 2 is 0.833 bits per heavy atom. The van der Waals surface area contributed by atoms with E-state index in [1.165, 1.54) is 0 Å². The summed E-state index contributed by atoms with van der Waals surface area (Å²) in [6, 6.07) is 20.4. The summed E-state index contributed by atoms with van der Waals surface area (Å²) in [7, 11) is 6.36. The molecular weight excluding hydrogens is 806 g/mol. The topological polar surface area (TPSA) is 88.5 Å². The molecule has 54 heavy (non-hydrogen) atoms. The first-order chi connectivity index (χ1) is 26.0. The third-order valence-corrected chi connectivity index (χ3v) is 18.1. The minimum Gasteiger partial charge on any atom is -0.349 e. The highest BCUT2D eigenvalue weighted by Crippen LogP contribution is 2.84. The van der Waals surface area contributed by atoms with Crippen molar-refractivity contribution in [2.45, 2.75) is 43.9 Å². The number of hydrogen-bond acceptors (Lipinski definition) is 10. The summed E-state index contributed by atoms with van der Waals surface area (Å²) >= 11 is 35.7. The Labute approximate surface area is 339 Å². The number of thiophene rings is 2. The SMILES string of the molecule is COC1(OC)[C@@]2(Cl)c3nc4ccc(-c5cccs5)cc4nc3[C@]1(Cl)[C@@H]1C[C@H]3[C@@H](C[C@@H]12)[C@@]1(Cl)c2nc4cc(-c5cccs5)ccc4nc2[C@]3(Cl)C1(OC)OC. The predicted octanol–water partition coefficient (Wildman–Crippen LogP) is 9.76. The van der Waals surface area contributed by atoms with Gasteiger partial charge in [0.15, 0.2) is 0 Å². The lowest BCUT2D eigenvalue weighted by Crippen LogP contribution is -2.54. The molecule has 0 aliphatic heterocycles. The molecule has 0 amide bonds. The van der Waals surface area contributed by atoms with Crippen molar-refractivity contribution in [3.8, 4) is 20.9 Å². The second kappa shape index (κ2) is 11.1. The largest absolute Gasteiger partial charge is 0.349 e. The van der Waals surface area contributed by atoms with Gasteiger partial charge in [-0.25, -0.2) is 19.9 Å². The van der Waals surface area contributed by atoms with Crippen LogP contribution in [-0.4, -0.2) is 59.9 Å². The normalized spacial score (nSPS) is 34.7. The zero-order chi connectivity index (χ0) is 37.2. The molecule has 0 N–H and O–H groups in total. The van der Waals surface area contributed by atoms with Gasteiger partial charge in [-0.15, -0.1) is 69.1 Å². The Morgan fingerprint density at radius 3 is 1.13 bits per heavy atom. The number of fused-ring (bicyclic) bond motifs is 18. The van der Waals surface area contributed by atoms with Crippen LogP contribution >= 0.6 is 69.1 Å². The van der Waals surface area contributed by atoms with Crippen molar-refractivity contribution >= 4 is 91.1 Å². The zero-order valence-electron chi connectivity index (χ0n) is 29.4. The molecular formula is C40H32Cl4N4O4S2. The van der Waals surface area contributed by atoms with Crippen molar-refractivity contribution < 1.29 is 18.9 Å². The first kappa shape index (κ1) is 34.7. The smallest absolute Gasteiger partial charge is 0.219 e. The van der Waals surface area contributed by atoms with Crippen LogP contribution in [0.25, 0.3) is 42.9 Å². The van der Waals surface area contributed by atoms with Crippen LogP contribution in [0.2, 0.25) is 0 Å². The van der Waals surface area contributed by atoms with Gasteiger partial charge in [0.2, 0.25) is 11.6 Å². The fraction of sp³-hybridized carbons (Fsp3) is 0.400. The van der Waals surface area contributed by atoms with Gasteiger partial charge in [0.05, 0.1) is 44.8 Å². The molecule has 2 aromatic carbocycles. The molecule has 14 heteroatoms. The van der Waals surface area contributed by atoms with Gasteiger partial charge in [0.25, 0.3) is 0 Å². The quantitative estimate of drug-likeness (QED) is 0.121. The molecule has 4 heterocycles. The van der Waals surface area contributed by atoms with E-state index in [1.807, 2.05) is 36.4 Å². The average molecular weight is 839 g/mol. The van der Waals surface area contributed by atoms with Crippen LogP contribution in [0.3, 0.4) is 0 Å². The molecule has 0 radical (unpaired) electrons. The number of halogens is 4. The molecule has 5 aliphatic rings. The van der Waals surface area contributed by atoms with Crippen LogP contribution in [0.1, 0.15) is 35.6 Å². The fourth-order valence-electron chi connectivity index (χ4n) is 11.5. The molecule has 3 fully saturated rings. The molecule has 3 saturated carbocycles. The summed E-state index contributed by atoms with van der Waals surface area (Å²) in [5.74, 6) is -4.28. The molecule has 0 saturated heterocycles. The highest BCUT2D eigenvalue weighted by atomic mass is 35.5. The maximum absolute atomic E-state index is 8.10. The minimum absolute atomic E-state index is 0.314. The van der Waals surface area contributed by atoms with E-state index in [0.717, 1.165) is 20.9 Å². The van der Waals surface area contributed by atoms with Crippen molar-refractivity contribution in [1.82, 2.24) is 19.9 Å². The van der Waals surface area contributed by atoms with Crippen molar-refractivity contribution in [3.05, 3.63) is 94.2 Å². The summed E-state index contributed by atoms with van der Waals surface area (Å²) in [5.41, 5.74) is 7.16. The average Bonchev–Trinajstić information content (AvgIpc) is 4.03. The number of hydrogen-bond donors (Lipinski definition) is 0. The second-order valence-corrected chi connectivity index (χ2v) is 19.3. The summed E-state index contributed by atoms with van der Waals surface area (Å²) in [4.78, 5) is 17.9. The van der Waals surface area contributed by atoms with Crippen molar-refractivity contribution in [1.29, 1.82) is 0 Å². The molecule has 8 nitrogen and oxygen atoms in total. The number of benzene rings is 2. The molecule has 6 aromatic rings.